The number of benzene rings is 1. The summed E-state index contributed by atoms with van der Waals surface area (Å²) in [5.41, 5.74) is 1.81. The van der Waals surface area contributed by atoms with Crippen LogP contribution in [0.5, 0.6) is 0 Å². The normalized spacial score (nSPS) is 11.2. The predicted molar refractivity (Wildman–Crippen MR) is 63.8 cm³/mol. The lowest BCUT2D eigenvalue weighted by molar-refractivity contribution is 0.322. The minimum Gasteiger partial charge on any atom is -0.411 e. The lowest BCUT2D eigenvalue weighted by atomic mass is 10.1. The molecule has 0 saturated heterocycles. The number of pyridine rings is 1. The first-order valence-electron chi connectivity index (χ1n) is 4.02. The Morgan fingerprint density at radius 1 is 1.36 bits per heavy atom. The van der Waals surface area contributed by atoms with Crippen LogP contribution in [0.25, 0.3) is 10.9 Å². The summed E-state index contributed by atoms with van der Waals surface area (Å²) >= 11 is 2.22. The van der Waals surface area contributed by atoms with E-state index in [1.54, 1.807) is 0 Å². The molecule has 0 radical (unpaired) electrons. The van der Waals surface area contributed by atoms with Crippen LogP contribution in [0.4, 0.5) is 0 Å². The van der Waals surface area contributed by atoms with E-state index in [1.807, 2.05) is 30.5 Å². The third kappa shape index (κ3) is 1.84. The molecule has 2 rings (SSSR count). The van der Waals surface area contributed by atoms with Crippen LogP contribution in [-0.2, 0) is 0 Å². The highest BCUT2D eigenvalue weighted by molar-refractivity contribution is 14.1. The summed E-state index contributed by atoms with van der Waals surface area (Å²) in [6.45, 7) is 0. The quantitative estimate of drug-likeness (QED) is 0.381. The van der Waals surface area contributed by atoms with Crippen molar-refractivity contribution in [3.8, 4) is 0 Å². The Hall–Kier alpha value is -1.17. The Kier molecular flexibility index (Phi) is 2.62. The van der Waals surface area contributed by atoms with Crippen molar-refractivity contribution in [1.29, 1.82) is 0 Å². The van der Waals surface area contributed by atoms with Gasteiger partial charge in [0.15, 0.2) is 0 Å². The smallest absolute Gasteiger partial charge is 0.0734 e. The molecule has 2 aromatic rings. The van der Waals surface area contributed by atoms with Gasteiger partial charge in [-0.2, -0.15) is 0 Å². The van der Waals surface area contributed by atoms with Crippen LogP contribution >= 0.6 is 22.6 Å². The molecular formula is C10H7IN2O. The zero-order valence-corrected chi connectivity index (χ0v) is 9.34. The minimum absolute atomic E-state index is 0.865. The lowest BCUT2D eigenvalue weighted by Crippen LogP contribution is -1.84. The fourth-order valence-corrected chi connectivity index (χ4v) is 1.74. The van der Waals surface area contributed by atoms with Crippen molar-refractivity contribution in [2.75, 3.05) is 0 Å². The summed E-state index contributed by atoms with van der Waals surface area (Å²) in [7, 11) is 0. The largest absolute Gasteiger partial charge is 0.411 e. The number of hydrogen-bond acceptors (Lipinski definition) is 3. The molecule has 0 spiro atoms. The molecule has 0 amide bonds. The average molecular weight is 298 g/mol. The summed E-state index contributed by atoms with van der Waals surface area (Å²) in [5, 5.41) is 12.4. The van der Waals surface area contributed by atoms with Crippen molar-refractivity contribution in [3.05, 3.63) is 39.6 Å². The van der Waals surface area contributed by atoms with Crippen molar-refractivity contribution in [2.24, 2.45) is 5.16 Å². The maximum absolute atomic E-state index is 8.40. The van der Waals surface area contributed by atoms with E-state index in [9.17, 15) is 0 Å². The number of rotatable bonds is 1. The Morgan fingerprint density at radius 3 is 3.00 bits per heavy atom. The monoisotopic (exact) mass is 298 g/mol. The molecule has 14 heavy (non-hydrogen) atoms. The van der Waals surface area contributed by atoms with Gasteiger partial charge in [0.1, 0.15) is 0 Å². The standard InChI is InChI=1S/C10H7IN2O/c11-9-4-8-3-7(5-13-14)1-2-10(8)12-6-9/h1-6,14H. The van der Waals surface area contributed by atoms with E-state index in [0.29, 0.717) is 0 Å². The second-order valence-corrected chi connectivity index (χ2v) is 4.10. The number of nitrogens with zero attached hydrogens (tertiary/aromatic N) is 2. The van der Waals surface area contributed by atoms with Crippen LogP contribution in [-0.4, -0.2) is 16.4 Å². The van der Waals surface area contributed by atoms with Gasteiger partial charge in [0.05, 0.1) is 11.7 Å². The zero-order chi connectivity index (χ0) is 9.97. The van der Waals surface area contributed by atoms with E-state index < -0.39 is 0 Å². The molecular weight excluding hydrogens is 291 g/mol. The van der Waals surface area contributed by atoms with E-state index >= 15 is 0 Å². The van der Waals surface area contributed by atoms with Gasteiger partial charge in [0.2, 0.25) is 0 Å². The van der Waals surface area contributed by atoms with Crippen LogP contribution in [0, 0.1) is 3.57 Å². The molecule has 1 aromatic carbocycles. The molecule has 0 atom stereocenters. The van der Waals surface area contributed by atoms with Gasteiger partial charge in [-0.15, -0.1) is 0 Å². The van der Waals surface area contributed by atoms with Gasteiger partial charge in [0.25, 0.3) is 0 Å². The Morgan fingerprint density at radius 2 is 2.21 bits per heavy atom. The van der Waals surface area contributed by atoms with Crippen molar-refractivity contribution >= 4 is 39.7 Å². The van der Waals surface area contributed by atoms with Gasteiger partial charge in [-0.25, -0.2) is 0 Å². The molecule has 70 valence electrons. The Bertz CT molecular complexity index is 496. The first-order chi connectivity index (χ1) is 6.79. The number of fused-ring (bicyclic) bond motifs is 1. The van der Waals surface area contributed by atoms with E-state index in [-0.39, 0.29) is 0 Å². The molecule has 0 unspecified atom stereocenters. The molecule has 1 heterocycles. The van der Waals surface area contributed by atoms with Crippen LogP contribution in [0.1, 0.15) is 5.56 Å². The number of halogens is 1. The van der Waals surface area contributed by atoms with Gasteiger partial charge in [-0.1, -0.05) is 11.2 Å². The SMILES string of the molecule is ON=Cc1ccc2ncc(I)cc2c1. The molecule has 4 heteroatoms. The van der Waals surface area contributed by atoms with Gasteiger partial charge in [-0.3, -0.25) is 4.98 Å². The molecule has 0 aliphatic carbocycles. The topological polar surface area (TPSA) is 45.5 Å². The van der Waals surface area contributed by atoms with Crippen LogP contribution < -0.4 is 0 Å². The maximum Gasteiger partial charge on any atom is 0.0734 e. The van der Waals surface area contributed by atoms with Crippen molar-refractivity contribution in [2.45, 2.75) is 0 Å². The van der Waals surface area contributed by atoms with E-state index in [2.05, 4.69) is 32.7 Å². The molecule has 0 bridgehead atoms. The number of aromatic nitrogens is 1. The second kappa shape index (κ2) is 3.91. The average Bonchev–Trinajstić information content (AvgIpc) is 2.17. The van der Waals surface area contributed by atoms with E-state index in [0.717, 1.165) is 20.0 Å². The fraction of sp³-hybridized carbons (Fsp3) is 0. The summed E-state index contributed by atoms with van der Waals surface area (Å²) in [6.07, 6.45) is 3.22. The summed E-state index contributed by atoms with van der Waals surface area (Å²) in [6, 6.07) is 7.74. The summed E-state index contributed by atoms with van der Waals surface area (Å²) in [4.78, 5) is 4.27. The van der Waals surface area contributed by atoms with E-state index in [1.165, 1.54) is 6.21 Å². The third-order valence-electron chi connectivity index (χ3n) is 1.88. The highest BCUT2D eigenvalue weighted by Gasteiger charge is 1.96. The second-order valence-electron chi connectivity index (χ2n) is 2.85. The van der Waals surface area contributed by atoms with Crippen molar-refractivity contribution < 1.29 is 5.21 Å². The van der Waals surface area contributed by atoms with Crippen LogP contribution in [0.2, 0.25) is 0 Å². The number of hydrogen-bond donors (Lipinski definition) is 1. The van der Waals surface area contributed by atoms with Crippen LogP contribution in [0.15, 0.2) is 35.6 Å². The van der Waals surface area contributed by atoms with Gasteiger partial charge >= 0.3 is 0 Å². The van der Waals surface area contributed by atoms with Crippen LogP contribution in [0.3, 0.4) is 0 Å². The molecule has 0 aliphatic rings. The van der Waals surface area contributed by atoms with Crippen molar-refractivity contribution in [1.82, 2.24) is 4.98 Å². The Balaban J connectivity index is 2.63. The summed E-state index contributed by atoms with van der Waals surface area (Å²) < 4.78 is 1.09. The Labute approximate surface area is 94.6 Å². The maximum atomic E-state index is 8.40. The molecule has 0 fully saturated rings. The molecule has 1 aromatic heterocycles. The highest BCUT2D eigenvalue weighted by atomic mass is 127. The number of oxime groups is 1. The first-order valence-corrected chi connectivity index (χ1v) is 5.10. The molecule has 0 saturated carbocycles. The summed E-state index contributed by atoms with van der Waals surface area (Å²) in [5.74, 6) is 0. The van der Waals surface area contributed by atoms with Crippen molar-refractivity contribution in [3.63, 3.8) is 0 Å². The first kappa shape index (κ1) is 9.39. The molecule has 1 N–H and O–H groups in total. The predicted octanol–water partition coefficient (Wildman–Crippen LogP) is 2.65. The minimum atomic E-state index is 0.865. The molecule has 3 nitrogen and oxygen atoms in total. The lowest BCUT2D eigenvalue weighted by Gasteiger charge is -1.98. The van der Waals surface area contributed by atoms with Gasteiger partial charge in [-0.05, 0) is 46.4 Å². The zero-order valence-electron chi connectivity index (χ0n) is 7.18. The highest BCUT2D eigenvalue weighted by Crippen LogP contribution is 2.15. The molecule has 0 aliphatic heterocycles. The van der Waals surface area contributed by atoms with E-state index in [4.69, 9.17) is 5.21 Å². The third-order valence-corrected chi connectivity index (χ3v) is 2.47. The fourth-order valence-electron chi connectivity index (χ4n) is 1.27. The van der Waals surface area contributed by atoms with Gasteiger partial charge < -0.3 is 5.21 Å². The van der Waals surface area contributed by atoms with Gasteiger partial charge in [0, 0.05) is 15.2 Å².